The average Bonchev–Trinajstić information content (AvgIpc) is 3.30. The molecule has 0 radical (unpaired) electrons. The first-order valence-corrected chi connectivity index (χ1v) is 12.2. The number of aryl methyl sites for hydroxylation is 1. The van der Waals surface area contributed by atoms with Crippen LogP contribution in [-0.4, -0.2) is 28.9 Å². The summed E-state index contributed by atoms with van der Waals surface area (Å²) in [6.45, 7) is 2.26. The fourth-order valence-electron chi connectivity index (χ4n) is 5.34. The predicted octanol–water partition coefficient (Wildman–Crippen LogP) is 4.37. The van der Waals surface area contributed by atoms with E-state index in [2.05, 4.69) is 17.6 Å². The second-order valence-electron chi connectivity index (χ2n) is 9.32. The number of thiophene rings is 1. The highest BCUT2D eigenvalue weighted by molar-refractivity contribution is 7.17. The number of fused-ring (bicyclic) bond motifs is 1. The second-order valence-corrected chi connectivity index (χ2v) is 10.4. The van der Waals surface area contributed by atoms with Gasteiger partial charge in [-0.15, -0.1) is 11.3 Å². The first kappa shape index (κ1) is 21.3. The van der Waals surface area contributed by atoms with Gasteiger partial charge in [-0.3, -0.25) is 14.4 Å². The molecule has 3 aliphatic rings. The third kappa shape index (κ3) is 4.41. The van der Waals surface area contributed by atoms with Crippen LogP contribution in [0.3, 0.4) is 0 Å². The molecule has 1 heterocycles. The van der Waals surface area contributed by atoms with Gasteiger partial charge in [-0.1, -0.05) is 19.8 Å². The van der Waals surface area contributed by atoms with Crippen LogP contribution in [0.25, 0.3) is 0 Å². The number of hydrogen-bond acceptors (Lipinski definition) is 4. The van der Waals surface area contributed by atoms with Crippen LogP contribution in [0.1, 0.15) is 85.5 Å². The van der Waals surface area contributed by atoms with Crippen LogP contribution in [0.5, 0.6) is 0 Å². The topological polar surface area (TPSA) is 95.5 Å². The lowest BCUT2D eigenvalue weighted by Crippen LogP contribution is -2.38. The molecular formula is C23H32N2O4S. The standard InChI is InChI=1S/C23H32N2O4S/c1-13-9-11-14(12-10-13)24-21(27)19-17-7-4-8-18(17)30-22(19)25-20(26)15-5-2-3-6-16(15)23(28)29/h13-16H,2-12H2,1H3,(H,24,27)(H,25,26)(H,28,29). The molecule has 2 fully saturated rings. The minimum Gasteiger partial charge on any atom is -0.481 e. The Morgan fingerprint density at radius 2 is 1.63 bits per heavy atom. The Kier molecular flexibility index (Phi) is 6.46. The maximum atomic E-state index is 13.2. The molecule has 3 N–H and O–H groups in total. The zero-order valence-corrected chi connectivity index (χ0v) is 18.5. The molecule has 0 saturated heterocycles. The highest BCUT2D eigenvalue weighted by Gasteiger charge is 2.37. The van der Waals surface area contributed by atoms with Crippen molar-refractivity contribution >= 4 is 34.1 Å². The van der Waals surface area contributed by atoms with Gasteiger partial charge in [-0.2, -0.15) is 0 Å². The van der Waals surface area contributed by atoms with Crippen LogP contribution < -0.4 is 10.6 Å². The minimum absolute atomic E-state index is 0.0809. The van der Waals surface area contributed by atoms with E-state index in [0.29, 0.717) is 23.4 Å². The fraction of sp³-hybridized carbons (Fsp3) is 0.696. The van der Waals surface area contributed by atoms with E-state index in [1.165, 1.54) is 16.2 Å². The van der Waals surface area contributed by atoms with Gasteiger partial charge < -0.3 is 15.7 Å². The predicted molar refractivity (Wildman–Crippen MR) is 117 cm³/mol. The number of hydrogen-bond donors (Lipinski definition) is 3. The largest absolute Gasteiger partial charge is 0.481 e. The molecule has 0 bridgehead atoms. The molecule has 3 aliphatic carbocycles. The summed E-state index contributed by atoms with van der Waals surface area (Å²) in [5.41, 5.74) is 1.71. The molecule has 0 spiro atoms. The molecule has 7 heteroatoms. The van der Waals surface area contributed by atoms with E-state index in [4.69, 9.17) is 0 Å². The Hall–Kier alpha value is -1.89. The van der Waals surface area contributed by atoms with Crippen LogP contribution in [0.2, 0.25) is 0 Å². The maximum Gasteiger partial charge on any atom is 0.307 e. The zero-order chi connectivity index (χ0) is 21.3. The number of amides is 2. The van der Waals surface area contributed by atoms with E-state index in [1.807, 2.05) is 0 Å². The molecular weight excluding hydrogens is 400 g/mol. The average molecular weight is 433 g/mol. The molecule has 4 rings (SSSR count). The molecule has 0 aliphatic heterocycles. The van der Waals surface area contributed by atoms with Crippen LogP contribution in [-0.2, 0) is 22.4 Å². The van der Waals surface area contributed by atoms with Crippen molar-refractivity contribution in [1.82, 2.24) is 5.32 Å². The summed E-state index contributed by atoms with van der Waals surface area (Å²) in [5.74, 6) is -1.66. The number of carbonyl (C=O) groups excluding carboxylic acids is 2. The van der Waals surface area contributed by atoms with Crippen LogP contribution in [0.4, 0.5) is 5.00 Å². The van der Waals surface area contributed by atoms with E-state index >= 15 is 0 Å². The van der Waals surface area contributed by atoms with Gasteiger partial charge in [0.05, 0.1) is 17.4 Å². The zero-order valence-electron chi connectivity index (χ0n) is 17.7. The summed E-state index contributed by atoms with van der Waals surface area (Å²) < 4.78 is 0. The van der Waals surface area contributed by atoms with Gasteiger partial charge in [0.2, 0.25) is 5.91 Å². The first-order valence-electron chi connectivity index (χ1n) is 11.4. The molecule has 164 valence electrons. The molecule has 30 heavy (non-hydrogen) atoms. The van der Waals surface area contributed by atoms with Gasteiger partial charge in [0, 0.05) is 10.9 Å². The van der Waals surface area contributed by atoms with Crippen molar-refractivity contribution in [3.05, 3.63) is 16.0 Å². The summed E-state index contributed by atoms with van der Waals surface area (Å²) >= 11 is 1.50. The van der Waals surface area contributed by atoms with Gasteiger partial charge in [-0.25, -0.2) is 0 Å². The Morgan fingerprint density at radius 1 is 0.933 bits per heavy atom. The Labute approximate surface area is 181 Å². The van der Waals surface area contributed by atoms with E-state index in [0.717, 1.165) is 69.3 Å². The number of rotatable bonds is 5. The van der Waals surface area contributed by atoms with Gasteiger partial charge in [0.15, 0.2) is 0 Å². The van der Waals surface area contributed by atoms with Crippen molar-refractivity contribution in [2.45, 2.75) is 83.6 Å². The van der Waals surface area contributed by atoms with Crippen LogP contribution in [0, 0.1) is 17.8 Å². The fourth-order valence-corrected chi connectivity index (χ4v) is 6.63. The number of carboxylic acid groups (broad SMARTS) is 1. The van der Waals surface area contributed by atoms with E-state index in [1.54, 1.807) is 0 Å². The number of carbonyl (C=O) groups is 3. The molecule has 0 aromatic carbocycles. The normalized spacial score (nSPS) is 28.6. The Bertz CT molecular complexity index is 825. The van der Waals surface area contributed by atoms with Gasteiger partial charge >= 0.3 is 5.97 Å². The lowest BCUT2D eigenvalue weighted by atomic mass is 9.79. The minimum atomic E-state index is -0.895. The third-order valence-electron chi connectivity index (χ3n) is 7.16. The molecule has 2 saturated carbocycles. The Morgan fingerprint density at radius 3 is 2.33 bits per heavy atom. The van der Waals surface area contributed by atoms with Crippen molar-refractivity contribution in [3.63, 3.8) is 0 Å². The van der Waals surface area contributed by atoms with Crippen molar-refractivity contribution in [1.29, 1.82) is 0 Å². The highest BCUT2D eigenvalue weighted by Crippen LogP contribution is 2.40. The lowest BCUT2D eigenvalue weighted by Gasteiger charge is -2.28. The molecule has 1 aromatic heterocycles. The van der Waals surface area contributed by atoms with Crippen molar-refractivity contribution in [3.8, 4) is 0 Å². The monoisotopic (exact) mass is 432 g/mol. The van der Waals surface area contributed by atoms with Crippen molar-refractivity contribution in [2.24, 2.45) is 17.8 Å². The lowest BCUT2D eigenvalue weighted by molar-refractivity contribution is -0.147. The number of aliphatic carboxylic acids is 1. The Balaban J connectivity index is 1.51. The van der Waals surface area contributed by atoms with Crippen molar-refractivity contribution in [2.75, 3.05) is 5.32 Å². The number of carboxylic acids is 1. The van der Waals surface area contributed by atoms with E-state index < -0.39 is 17.8 Å². The first-order chi connectivity index (χ1) is 14.4. The number of anilines is 1. The van der Waals surface area contributed by atoms with Gasteiger partial charge in [0.25, 0.3) is 5.91 Å². The number of nitrogens with one attached hydrogen (secondary N) is 2. The quantitative estimate of drug-likeness (QED) is 0.644. The maximum absolute atomic E-state index is 13.2. The smallest absolute Gasteiger partial charge is 0.307 e. The SMILES string of the molecule is CC1CCC(NC(=O)c2c(NC(=O)C3CCCCC3C(=O)O)sc3c2CCC3)CC1. The molecule has 6 nitrogen and oxygen atoms in total. The molecule has 2 amide bonds. The van der Waals surface area contributed by atoms with E-state index in [9.17, 15) is 19.5 Å². The summed E-state index contributed by atoms with van der Waals surface area (Å²) in [5, 5.41) is 16.3. The third-order valence-corrected chi connectivity index (χ3v) is 8.36. The van der Waals surface area contributed by atoms with Crippen LogP contribution >= 0.6 is 11.3 Å². The van der Waals surface area contributed by atoms with Gasteiger partial charge in [0.1, 0.15) is 5.00 Å². The molecule has 2 unspecified atom stereocenters. The summed E-state index contributed by atoms with van der Waals surface area (Å²) in [4.78, 5) is 39.0. The second kappa shape index (κ2) is 9.08. The summed E-state index contributed by atoms with van der Waals surface area (Å²) in [7, 11) is 0. The van der Waals surface area contributed by atoms with Crippen LogP contribution in [0.15, 0.2) is 0 Å². The highest BCUT2D eigenvalue weighted by atomic mass is 32.1. The summed E-state index contributed by atoms with van der Waals surface area (Å²) in [6, 6.07) is 0.198. The van der Waals surface area contributed by atoms with Crippen molar-refractivity contribution < 1.29 is 19.5 Å². The molecule has 1 aromatic rings. The van der Waals surface area contributed by atoms with Gasteiger partial charge in [-0.05, 0) is 69.3 Å². The van der Waals surface area contributed by atoms with E-state index in [-0.39, 0.29) is 17.9 Å². The summed E-state index contributed by atoms with van der Waals surface area (Å²) in [6.07, 6.45) is 9.98. The molecule has 2 atom stereocenters.